The summed E-state index contributed by atoms with van der Waals surface area (Å²) in [6.07, 6.45) is 4.06. The van der Waals surface area contributed by atoms with Crippen molar-refractivity contribution < 1.29 is 23.8 Å². The lowest BCUT2D eigenvalue weighted by atomic mass is 10.1. The number of methoxy groups -OCH3 is 2. The predicted octanol–water partition coefficient (Wildman–Crippen LogP) is 3.05. The molecule has 0 aliphatic heterocycles. The van der Waals surface area contributed by atoms with Crippen molar-refractivity contribution in [2.45, 2.75) is 51.2 Å². The van der Waals surface area contributed by atoms with Gasteiger partial charge in [-0.25, -0.2) is 19.2 Å². The van der Waals surface area contributed by atoms with Crippen LogP contribution in [0.2, 0.25) is 0 Å². The van der Waals surface area contributed by atoms with E-state index in [0.29, 0.717) is 18.9 Å². The van der Waals surface area contributed by atoms with E-state index in [1.807, 2.05) is 11.9 Å². The van der Waals surface area contributed by atoms with Crippen LogP contribution in [0.15, 0.2) is 24.4 Å². The maximum Gasteiger partial charge on any atom is 0.326 e. The van der Waals surface area contributed by atoms with Crippen LogP contribution in [0.5, 0.6) is 6.01 Å². The number of hydrogen-bond acceptors (Lipinski definition) is 9. The number of nitrogens with one attached hydrogen (secondary N) is 2. The van der Waals surface area contributed by atoms with E-state index < -0.39 is 18.2 Å². The number of alkyl halides is 1. The van der Waals surface area contributed by atoms with Crippen molar-refractivity contribution in [1.82, 2.24) is 19.9 Å². The molecule has 0 saturated carbocycles. The first kappa shape index (κ1) is 29.2. The first-order valence-electron chi connectivity index (χ1n) is 12.3. The standard InChI is InChI=1S/C25H39FN6O4/c1-5-18-9-10-20(29-23(18)27-2)8-6-7-14-32(16-19(26)17-35-3)15-12-21(24(33)34)30-22-11-13-28-25(31-22)36-4/h9-11,13,19,21H,5-8,12,14-17H2,1-4H3,(H,27,29)(H,33,34)(H,28,30,31). The smallest absolute Gasteiger partial charge is 0.326 e. The SMILES string of the molecule is CCc1ccc(CCCCN(CCC(Nc2ccnc(OC)n2)C(=O)O)CC(F)COC)nc1NC. The van der Waals surface area contributed by atoms with Crippen LogP contribution in [0.25, 0.3) is 0 Å². The third-order valence-corrected chi connectivity index (χ3v) is 5.79. The van der Waals surface area contributed by atoms with Crippen molar-refractivity contribution in [3.8, 4) is 6.01 Å². The molecule has 2 atom stereocenters. The van der Waals surface area contributed by atoms with Crippen molar-refractivity contribution in [3.05, 3.63) is 35.7 Å². The molecule has 10 nitrogen and oxygen atoms in total. The highest BCUT2D eigenvalue weighted by Crippen LogP contribution is 2.16. The monoisotopic (exact) mass is 506 g/mol. The Hall–Kier alpha value is -3.05. The molecule has 0 aliphatic carbocycles. The number of hydrogen-bond donors (Lipinski definition) is 3. The maximum absolute atomic E-state index is 14.3. The Morgan fingerprint density at radius 1 is 1.19 bits per heavy atom. The second-order valence-corrected chi connectivity index (χ2v) is 8.48. The Balaban J connectivity index is 1.93. The van der Waals surface area contributed by atoms with Crippen LogP contribution in [0.4, 0.5) is 16.0 Å². The number of anilines is 2. The second-order valence-electron chi connectivity index (χ2n) is 8.48. The average Bonchev–Trinajstić information content (AvgIpc) is 2.88. The molecule has 0 saturated heterocycles. The van der Waals surface area contributed by atoms with Gasteiger partial charge in [0.2, 0.25) is 0 Å². The van der Waals surface area contributed by atoms with Crippen LogP contribution in [0, 0.1) is 0 Å². The molecule has 0 bridgehead atoms. The minimum absolute atomic E-state index is 0.00166. The van der Waals surface area contributed by atoms with Gasteiger partial charge in [0.25, 0.3) is 0 Å². The number of carbonyl (C=O) groups is 1. The molecule has 0 spiro atoms. The number of ether oxygens (including phenoxy) is 2. The van der Waals surface area contributed by atoms with E-state index in [-0.39, 0.29) is 25.6 Å². The van der Waals surface area contributed by atoms with Crippen LogP contribution in [0.3, 0.4) is 0 Å². The van der Waals surface area contributed by atoms with E-state index >= 15 is 0 Å². The molecule has 36 heavy (non-hydrogen) atoms. The van der Waals surface area contributed by atoms with E-state index in [1.54, 1.807) is 6.07 Å². The minimum atomic E-state index is -1.15. The van der Waals surface area contributed by atoms with Gasteiger partial charge in [0, 0.05) is 39.1 Å². The van der Waals surface area contributed by atoms with Crippen molar-refractivity contribution in [1.29, 1.82) is 0 Å². The number of nitrogens with zero attached hydrogens (tertiary/aromatic N) is 4. The molecule has 0 amide bonds. The normalized spacial score (nSPS) is 12.8. The summed E-state index contributed by atoms with van der Waals surface area (Å²) in [4.78, 5) is 26.5. The average molecular weight is 507 g/mol. The molecule has 0 aromatic carbocycles. The van der Waals surface area contributed by atoms with E-state index in [1.165, 1.54) is 26.0 Å². The number of pyridine rings is 1. The van der Waals surface area contributed by atoms with E-state index in [9.17, 15) is 14.3 Å². The highest BCUT2D eigenvalue weighted by Gasteiger charge is 2.21. The summed E-state index contributed by atoms with van der Waals surface area (Å²) in [6.45, 7) is 3.32. The molecule has 0 radical (unpaired) electrons. The lowest BCUT2D eigenvalue weighted by Crippen LogP contribution is -2.38. The highest BCUT2D eigenvalue weighted by molar-refractivity contribution is 5.76. The highest BCUT2D eigenvalue weighted by atomic mass is 19.1. The zero-order valence-electron chi connectivity index (χ0n) is 21.7. The van der Waals surface area contributed by atoms with Crippen LogP contribution >= 0.6 is 0 Å². The Morgan fingerprint density at radius 2 is 2.00 bits per heavy atom. The van der Waals surface area contributed by atoms with Gasteiger partial charge in [-0.3, -0.25) is 0 Å². The summed E-state index contributed by atoms with van der Waals surface area (Å²) in [5.74, 6) is 0.249. The number of rotatable bonds is 18. The van der Waals surface area contributed by atoms with Crippen molar-refractivity contribution in [3.63, 3.8) is 0 Å². The van der Waals surface area contributed by atoms with Gasteiger partial charge in [-0.15, -0.1) is 0 Å². The molecule has 3 N–H and O–H groups in total. The summed E-state index contributed by atoms with van der Waals surface area (Å²) >= 11 is 0. The van der Waals surface area contributed by atoms with Gasteiger partial charge in [0.1, 0.15) is 23.8 Å². The van der Waals surface area contributed by atoms with Crippen LogP contribution in [-0.4, -0.2) is 90.6 Å². The number of halogens is 1. The second kappa shape index (κ2) is 15.8. The van der Waals surface area contributed by atoms with Gasteiger partial charge in [-0.1, -0.05) is 13.0 Å². The summed E-state index contributed by atoms with van der Waals surface area (Å²) in [6, 6.07) is 4.98. The van der Waals surface area contributed by atoms with Gasteiger partial charge in [-0.2, -0.15) is 4.98 Å². The summed E-state index contributed by atoms with van der Waals surface area (Å²) in [7, 11) is 4.78. The van der Waals surface area contributed by atoms with Gasteiger partial charge in [0.15, 0.2) is 0 Å². The van der Waals surface area contributed by atoms with Crippen molar-refractivity contribution >= 4 is 17.6 Å². The summed E-state index contributed by atoms with van der Waals surface area (Å²) in [5.41, 5.74) is 2.20. The molecule has 0 fully saturated rings. The van der Waals surface area contributed by atoms with Crippen LogP contribution < -0.4 is 15.4 Å². The first-order valence-corrected chi connectivity index (χ1v) is 12.3. The number of carboxylic acid groups (broad SMARTS) is 1. The Labute approximate surface area is 212 Å². The lowest BCUT2D eigenvalue weighted by molar-refractivity contribution is -0.138. The number of carboxylic acids is 1. The third-order valence-electron chi connectivity index (χ3n) is 5.79. The maximum atomic E-state index is 14.3. The van der Waals surface area contributed by atoms with Gasteiger partial charge in [0.05, 0.1) is 13.7 Å². The van der Waals surface area contributed by atoms with E-state index in [2.05, 4.69) is 44.6 Å². The topological polar surface area (TPSA) is 122 Å². The van der Waals surface area contributed by atoms with Gasteiger partial charge >= 0.3 is 12.0 Å². The van der Waals surface area contributed by atoms with Gasteiger partial charge in [-0.05, 0) is 56.3 Å². The number of unbranched alkanes of at least 4 members (excludes halogenated alkanes) is 1. The largest absolute Gasteiger partial charge is 0.480 e. The van der Waals surface area contributed by atoms with E-state index in [4.69, 9.17) is 9.47 Å². The minimum Gasteiger partial charge on any atom is -0.480 e. The predicted molar refractivity (Wildman–Crippen MR) is 138 cm³/mol. The first-order chi connectivity index (χ1) is 17.4. The number of aromatic nitrogens is 3. The zero-order valence-corrected chi connectivity index (χ0v) is 21.7. The fourth-order valence-corrected chi connectivity index (χ4v) is 3.89. The molecule has 200 valence electrons. The molecule has 2 rings (SSSR count). The van der Waals surface area contributed by atoms with E-state index in [0.717, 1.165) is 37.2 Å². The fourth-order valence-electron chi connectivity index (χ4n) is 3.89. The lowest BCUT2D eigenvalue weighted by Gasteiger charge is -2.26. The molecule has 11 heteroatoms. The molecule has 2 heterocycles. The molecule has 0 aliphatic rings. The van der Waals surface area contributed by atoms with Crippen LogP contribution in [-0.2, 0) is 22.4 Å². The molecule has 2 unspecified atom stereocenters. The van der Waals surface area contributed by atoms with Crippen LogP contribution in [0.1, 0.15) is 37.4 Å². The molecule has 2 aromatic heterocycles. The number of aliphatic carboxylic acids is 1. The zero-order chi connectivity index (χ0) is 26.3. The van der Waals surface area contributed by atoms with Gasteiger partial charge < -0.3 is 30.1 Å². The molecular formula is C25H39FN6O4. The number of aryl methyl sites for hydroxylation is 2. The van der Waals surface area contributed by atoms with Crippen molar-refractivity contribution in [2.75, 3.05) is 58.1 Å². The molecule has 2 aromatic rings. The molecular weight excluding hydrogens is 467 g/mol. The Morgan fingerprint density at radius 3 is 2.67 bits per heavy atom. The van der Waals surface area contributed by atoms with Crippen molar-refractivity contribution in [2.24, 2.45) is 0 Å². The quantitative estimate of drug-likeness (QED) is 0.260. The summed E-state index contributed by atoms with van der Waals surface area (Å²) < 4.78 is 24.3. The fraction of sp³-hybridized carbons (Fsp3) is 0.600. The summed E-state index contributed by atoms with van der Waals surface area (Å²) in [5, 5.41) is 15.8. The Bertz CT molecular complexity index is 935. The third kappa shape index (κ3) is 9.90. The Kier molecular flexibility index (Phi) is 12.8.